The Labute approximate surface area is 274 Å². The minimum atomic E-state index is -1.55. The summed E-state index contributed by atoms with van der Waals surface area (Å²) in [7, 11) is 0. The fraction of sp³-hybridized carbons (Fsp3) is 0.438. The lowest BCUT2D eigenvalue weighted by atomic mass is 9.90. The van der Waals surface area contributed by atoms with E-state index in [0.717, 1.165) is 11.3 Å². The van der Waals surface area contributed by atoms with Gasteiger partial charge in [0.15, 0.2) is 6.23 Å². The Balaban J connectivity index is 1.23. The Morgan fingerprint density at radius 2 is 1.88 bits per heavy atom. The number of aliphatic hydroxyl groups is 4. The molecule has 0 amide bonds. The normalized spacial score (nSPS) is 22.2. The molecule has 16 heteroatoms. The monoisotopic (exact) mass is 665 g/mol. The van der Waals surface area contributed by atoms with Gasteiger partial charge in [0, 0.05) is 17.5 Å². The number of carbonyl (C=O) groups is 1. The smallest absolute Gasteiger partial charge is 0.308 e. The van der Waals surface area contributed by atoms with Crippen molar-refractivity contribution in [1.29, 1.82) is 0 Å². The minimum Gasteiger partial charge on any atom is -0.438 e. The fourth-order valence-electron chi connectivity index (χ4n) is 5.11. The van der Waals surface area contributed by atoms with Crippen LogP contribution in [0.1, 0.15) is 62.5 Å². The predicted molar refractivity (Wildman–Crippen MR) is 169 cm³/mol. The van der Waals surface area contributed by atoms with Gasteiger partial charge in [0.2, 0.25) is 12.7 Å². The van der Waals surface area contributed by atoms with Gasteiger partial charge in [-0.05, 0) is 30.6 Å². The van der Waals surface area contributed by atoms with Gasteiger partial charge in [0.25, 0.3) is 5.56 Å². The van der Waals surface area contributed by atoms with E-state index in [1.807, 2.05) is 51.1 Å². The molecule has 16 nitrogen and oxygen atoms in total. The number of aromatic amines is 2. The summed E-state index contributed by atoms with van der Waals surface area (Å²) >= 11 is 0. The number of imidazole rings is 1. The molecule has 0 radical (unpaired) electrons. The predicted octanol–water partition coefficient (Wildman–Crippen LogP) is -1.09. The van der Waals surface area contributed by atoms with E-state index in [1.165, 1.54) is 10.9 Å². The Kier molecular flexibility index (Phi) is 10.8. The highest BCUT2D eigenvalue weighted by Gasteiger charge is 2.44. The van der Waals surface area contributed by atoms with Crippen LogP contribution in [0.25, 0.3) is 12.2 Å². The van der Waals surface area contributed by atoms with E-state index in [-0.39, 0.29) is 28.4 Å². The summed E-state index contributed by atoms with van der Waals surface area (Å²) in [6, 6.07) is 9.21. The molecular weight excluding hydrogens is 626 g/mol. The van der Waals surface area contributed by atoms with Gasteiger partial charge in [-0.3, -0.25) is 9.59 Å². The molecule has 1 aliphatic rings. The van der Waals surface area contributed by atoms with Crippen LogP contribution in [0.4, 0.5) is 0 Å². The maximum atomic E-state index is 13.0. The number of benzene rings is 1. The van der Waals surface area contributed by atoms with Crippen molar-refractivity contribution in [2.45, 2.75) is 76.1 Å². The highest BCUT2D eigenvalue weighted by molar-refractivity contribution is 5.69. The second-order valence-corrected chi connectivity index (χ2v) is 12.3. The average Bonchev–Trinajstić information content (AvgIpc) is 3.73. The van der Waals surface area contributed by atoms with Gasteiger partial charge < -0.3 is 44.6 Å². The van der Waals surface area contributed by atoms with Gasteiger partial charge in [-0.1, -0.05) is 56.3 Å². The Morgan fingerprint density at radius 3 is 2.60 bits per heavy atom. The fourth-order valence-corrected chi connectivity index (χ4v) is 5.11. The van der Waals surface area contributed by atoms with E-state index >= 15 is 0 Å². The van der Waals surface area contributed by atoms with Crippen molar-refractivity contribution in [2.75, 3.05) is 13.4 Å². The molecule has 0 aliphatic carbocycles. The van der Waals surface area contributed by atoms with Crippen molar-refractivity contribution in [1.82, 2.24) is 34.9 Å². The van der Waals surface area contributed by atoms with Crippen LogP contribution in [0.3, 0.4) is 0 Å². The Bertz CT molecular complexity index is 1860. The third-order valence-corrected chi connectivity index (χ3v) is 7.65. The Hall–Kier alpha value is -4.74. The average molecular weight is 666 g/mol. The van der Waals surface area contributed by atoms with Gasteiger partial charge in [-0.25, -0.2) is 14.6 Å². The second kappa shape index (κ2) is 15.0. The van der Waals surface area contributed by atoms with Crippen LogP contribution in [-0.2, 0) is 26.1 Å². The van der Waals surface area contributed by atoms with E-state index in [0.29, 0.717) is 24.2 Å². The zero-order valence-corrected chi connectivity index (χ0v) is 26.7. The maximum absolute atomic E-state index is 13.0. The first-order chi connectivity index (χ1) is 22.9. The summed E-state index contributed by atoms with van der Waals surface area (Å²) in [5.74, 6) is -0.512. The van der Waals surface area contributed by atoms with Crippen molar-refractivity contribution in [2.24, 2.45) is 0 Å². The van der Waals surface area contributed by atoms with Gasteiger partial charge in [-0.2, -0.15) is 0 Å². The van der Waals surface area contributed by atoms with Crippen LogP contribution in [0, 0.1) is 0 Å². The number of hydrogen-bond donors (Lipinski definition) is 6. The number of aliphatic hydroxyl groups excluding tert-OH is 4. The third-order valence-electron chi connectivity index (χ3n) is 7.65. The van der Waals surface area contributed by atoms with E-state index < -0.39 is 55.6 Å². The topological polar surface area (TPSA) is 231 Å². The first kappa shape index (κ1) is 34.6. The quantitative estimate of drug-likeness (QED) is 0.0828. The molecule has 1 saturated heterocycles. The number of ether oxygens (including phenoxy) is 3. The molecule has 1 aromatic carbocycles. The zero-order chi connectivity index (χ0) is 34.4. The molecule has 3 aromatic heterocycles. The SMILES string of the molecule is CC(C)(C)c1[nH]cnc1/C=c1\[nH]c(=O)/c(=C/c2ccccc2)nc1OCOC(=O)CCCc1cn(C2OC(CO)C(O)C(O)C2O)nn1. The van der Waals surface area contributed by atoms with E-state index in [9.17, 15) is 30.0 Å². The van der Waals surface area contributed by atoms with Gasteiger partial charge >= 0.3 is 5.97 Å². The van der Waals surface area contributed by atoms with Crippen molar-refractivity contribution >= 4 is 18.1 Å². The summed E-state index contributed by atoms with van der Waals surface area (Å²) in [4.78, 5) is 40.3. The van der Waals surface area contributed by atoms with Crippen LogP contribution in [-0.4, -0.2) is 99.1 Å². The number of esters is 1. The number of aryl methyl sites for hydroxylation is 1. The van der Waals surface area contributed by atoms with Crippen LogP contribution in [0.5, 0.6) is 5.88 Å². The van der Waals surface area contributed by atoms with Crippen molar-refractivity contribution < 1.29 is 39.4 Å². The molecule has 4 heterocycles. The van der Waals surface area contributed by atoms with E-state index in [2.05, 4.69) is 30.2 Å². The molecular formula is C32H39N7O9. The summed E-state index contributed by atoms with van der Waals surface area (Å²) < 4.78 is 17.7. The molecule has 5 atom stereocenters. The number of nitrogens with zero attached hydrogens (tertiary/aromatic N) is 5. The number of carbonyl (C=O) groups excluding carboxylic acids is 1. The van der Waals surface area contributed by atoms with Crippen molar-refractivity contribution in [3.8, 4) is 5.88 Å². The molecule has 48 heavy (non-hydrogen) atoms. The molecule has 0 spiro atoms. The van der Waals surface area contributed by atoms with Gasteiger partial charge in [0.1, 0.15) is 35.1 Å². The summed E-state index contributed by atoms with van der Waals surface area (Å²) in [5.41, 5.74) is 1.97. The number of hydrogen-bond acceptors (Lipinski definition) is 13. The highest BCUT2D eigenvalue weighted by Crippen LogP contribution is 2.28. The molecule has 5 rings (SSSR count). The second-order valence-electron chi connectivity index (χ2n) is 12.3. The molecule has 256 valence electrons. The summed E-state index contributed by atoms with van der Waals surface area (Å²) in [5, 5.41) is 48.0. The molecule has 1 aliphatic heterocycles. The number of rotatable bonds is 11. The van der Waals surface area contributed by atoms with Gasteiger partial charge in [-0.15, -0.1) is 5.10 Å². The lowest BCUT2D eigenvalue weighted by Gasteiger charge is -2.39. The number of H-pyrrole nitrogens is 2. The first-order valence-corrected chi connectivity index (χ1v) is 15.4. The van der Waals surface area contributed by atoms with Crippen LogP contribution in [0.2, 0.25) is 0 Å². The molecule has 0 bridgehead atoms. The van der Waals surface area contributed by atoms with Crippen molar-refractivity contribution in [3.63, 3.8) is 0 Å². The molecule has 1 fully saturated rings. The van der Waals surface area contributed by atoms with E-state index in [4.69, 9.17) is 14.2 Å². The lowest BCUT2D eigenvalue weighted by Crippen LogP contribution is -2.56. The molecule has 0 saturated carbocycles. The Morgan fingerprint density at radius 1 is 1.10 bits per heavy atom. The first-order valence-electron chi connectivity index (χ1n) is 15.4. The van der Waals surface area contributed by atoms with Crippen LogP contribution >= 0.6 is 0 Å². The van der Waals surface area contributed by atoms with E-state index in [1.54, 1.807) is 18.5 Å². The van der Waals surface area contributed by atoms with Gasteiger partial charge in [0.05, 0.1) is 30.5 Å². The van der Waals surface area contributed by atoms with Crippen molar-refractivity contribution in [3.05, 3.63) is 86.6 Å². The molecule has 4 aromatic rings. The number of aromatic nitrogens is 7. The van der Waals surface area contributed by atoms with Crippen LogP contribution < -0.4 is 21.0 Å². The minimum absolute atomic E-state index is 0.0174. The summed E-state index contributed by atoms with van der Waals surface area (Å²) in [6.45, 7) is 5.04. The largest absolute Gasteiger partial charge is 0.438 e. The van der Waals surface area contributed by atoms with Crippen LogP contribution in [0.15, 0.2) is 47.7 Å². The molecule has 6 N–H and O–H groups in total. The summed E-state index contributed by atoms with van der Waals surface area (Å²) in [6.07, 6.45) is 0.184. The third kappa shape index (κ3) is 8.21. The maximum Gasteiger partial charge on any atom is 0.308 e. The molecule has 5 unspecified atom stereocenters. The number of nitrogens with one attached hydrogen (secondary N) is 2. The lowest BCUT2D eigenvalue weighted by molar-refractivity contribution is -0.254. The standard InChI is InChI=1S/C32H39N7O9/c1-32(2,3)28-20(33-16-34-28)13-22-30(36-21(29(45)35-22)12-18-8-5-4-6-9-18)47-17-46-24(41)11-7-10-19-14-39(38-37-19)31-27(44)26(43)25(42)23(15-40)48-31/h4-6,8-9,12-14,16,23,25-27,31,40,42-44H,7,10-11,15,17H2,1-3H3,(H,33,34)(H,35,45)/b21-12-,22-13-. The highest BCUT2D eigenvalue weighted by atomic mass is 16.7. The zero-order valence-electron chi connectivity index (χ0n) is 26.7.